The molecule has 2 aliphatic rings. The highest BCUT2D eigenvalue weighted by Gasteiger charge is 2.43. The van der Waals surface area contributed by atoms with Crippen molar-refractivity contribution in [2.75, 3.05) is 19.6 Å². The standard InChI is InChI=1S/C22H24N4O/c1-24-9-6-17-11-18(4-5-20(17)24)22(27)26-10-7-19-14-25(15-21(19)26)13-16-3-2-8-23-12-16/h2-6,8-9,11-12,19,21H,7,10,13-15H2,1H3/t19-,21+/m0/s1. The molecule has 0 N–H and O–H groups in total. The fraction of sp³-hybridized carbons (Fsp3) is 0.364. The van der Waals surface area contributed by atoms with Crippen LogP contribution in [0.1, 0.15) is 22.3 Å². The van der Waals surface area contributed by atoms with Gasteiger partial charge in [0.2, 0.25) is 0 Å². The lowest BCUT2D eigenvalue weighted by Gasteiger charge is -2.25. The second-order valence-electron chi connectivity index (χ2n) is 7.87. The van der Waals surface area contributed by atoms with E-state index in [1.165, 1.54) is 5.56 Å². The van der Waals surface area contributed by atoms with E-state index in [1.807, 2.05) is 43.8 Å². The van der Waals surface area contributed by atoms with Crippen molar-refractivity contribution in [3.05, 3.63) is 66.1 Å². The molecular formula is C22H24N4O. The van der Waals surface area contributed by atoms with Crippen molar-refractivity contribution in [1.82, 2.24) is 19.4 Å². The maximum absolute atomic E-state index is 13.2. The molecule has 2 aromatic heterocycles. The minimum Gasteiger partial charge on any atom is -0.351 e. The van der Waals surface area contributed by atoms with E-state index in [4.69, 9.17) is 0 Å². The molecule has 2 fully saturated rings. The molecule has 0 aliphatic carbocycles. The molecule has 5 heteroatoms. The molecule has 138 valence electrons. The van der Waals surface area contributed by atoms with E-state index < -0.39 is 0 Å². The molecule has 5 rings (SSSR count). The minimum absolute atomic E-state index is 0.177. The summed E-state index contributed by atoms with van der Waals surface area (Å²) in [7, 11) is 2.03. The monoisotopic (exact) mass is 360 g/mol. The topological polar surface area (TPSA) is 41.4 Å². The third-order valence-electron chi connectivity index (χ3n) is 6.15. The quantitative estimate of drug-likeness (QED) is 0.721. The van der Waals surface area contributed by atoms with Gasteiger partial charge in [0.1, 0.15) is 0 Å². The predicted molar refractivity (Wildman–Crippen MR) is 105 cm³/mol. The van der Waals surface area contributed by atoms with E-state index in [9.17, 15) is 4.79 Å². The average Bonchev–Trinajstić information content (AvgIpc) is 3.36. The van der Waals surface area contributed by atoms with E-state index in [-0.39, 0.29) is 5.91 Å². The van der Waals surface area contributed by atoms with Crippen molar-refractivity contribution in [2.24, 2.45) is 13.0 Å². The Bertz CT molecular complexity index is 980. The number of hydrogen-bond donors (Lipinski definition) is 0. The van der Waals surface area contributed by atoms with Crippen LogP contribution >= 0.6 is 0 Å². The fourth-order valence-corrected chi connectivity index (χ4v) is 4.76. The lowest BCUT2D eigenvalue weighted by Crippen LogP contribution is -2.39. The molecule has 2 atom stereocenters. The first-order valence-electron chi connectivity index (χ1n) is 9.66. The van der Waals surface area contributed by atoms with Gasteiger partial charge in [-0.15, -0.1) is 0 Å². The maximum Gasteiger partial charge on any atom is 0.254 e. The van der Waals surface area contributed by atoms with Crippen LogP contribution in [-0.4, -0.2) is 50.9 Å². The van der Waals surface area contributed by atoms with Crippen molar-refractivity contribution >= 4 is 16.8 Å². The van der Waals surface area contributed by atoms with Crippen molar-refractivity contribution in [2.45, 2.75) is 19.0 Å². The van der Waals surface area contributed by atoms with Crippen LogP contribution in [0.3, 0.4) is 0 Å². The smallest absolute Gasteiger partial charge is 0.254 e. The Labute approximate surface area is 159 Å². The Morgan fingerprint density at radius 1 is 1.22 bits per heavy atom. The Hall–Kier alpha value is -2.66. The van der Waals surface area contributed by atoms with Gasteiger partial charge in [-0.25, -0.2) is 0 Å². The summed E-state index contributed by atoms with van der Waals surface area (Å²) in [5.74, 6) is 0.766. The van der Waals surface area contributed by atoms with Gasteiger partial charge in [-0.3, -0.25) is 14.7 Å². The summed E-state index contributed by atoms with van der Waals surface area (Å²) >= 11 is 0. The molecule has 5 nitrogen and oxygen atoms in total. The molecule has 1 aromatic carbocycles. The number of carbonyl (C=O) groups is 1. The summed E-state index contributed by atoms with van der Waals surface area (Å²) in [6.07, 6.45) is 6.89. The number of aryl methyl sites for hydroxylation is 1. The predicted octanol–water partition coefficient (Wildman–Crippen LogP) is 2.92. The molecule has 4 heterocycles. The van der Waals surface area contributed by atoms with Crippen LogP contribution in [0.25, 0.3) is 10.9 Å². The minimum atomic E-state index is 0.177. The highest BCUT2D eigenvalue weighted by molar-refractivity contribution is 5.98. The maximum atomic E-state index is 13.2. The van der Waals surface area contributed by atoms with Crippen LogP contribution in [0.4, 0.5) is 0 Å². The van der Waals surface area contributed by atoms with Crippen LogP contribution in [0.2, 0.25) is 0 Å². The first-order valence-corrected chi connectivity index (χ1v) is 9.66. The van der Waals surface area contributed by atoms with Gasteiger partial charge < -0.3 is 9.47 Å². The summed E-state index contributed by atoms with van der Waals surface area (Å²) in [6.45, 7) is 3.82. The van der Waals surface area contributed by atoms with Crippen LogP contribution in [0.15, 0.2) is 55.0 Å². The van der Waals surface area contributed by atoms with Crippen LogP contribution in [0.5, 0.6) is 0 Å². The van der Waals surface area contributed by atoms with Gasteiger partial charge in [0, 0.05) is 74.3 Å². The number of fused-ring (bicyclic) bond motifs is 2. The SMILES string of the molecule is Cn1ccc2cc(C(=O)N3CC[C@H]4CN(Cc5cccnc5)C[C@H]43)ccc21. The first kappa shape index (κ1) is 16.5. The summed E-state index contributed by atoms with van der Waals surface area (Å²) < 4.78 is 2.09. The number of hydrogen-bond acceptors (Lipinski definition) is 3. The van der Waals surface area contributed by atoms with Gasteiger partial charge >= 0.3 is 0 Å². The van der Waals surface area contributed by atoms with Crippen molar-refractivity contribution in [1.29, 1.82) is 0 Å². The average molecular weight is 360 g/mol. The Morgan fingerprint density at radius 3 is 3.00 bits per heavy atom. The van der Waals surface area contributed by atoms with Crippen LogP contribution in [-0.2, 0) is 13.6 Å². The number of rotatable bonds is 3. The highest BCUT2D eigenvalue weighted by Crippen LogP contribution is 2.33. The fourth-order valence-electron chi connectivity index (χ4n) is 4.76. The summed E-state index contributed by atoms with van der Waals surface area (Å²) in [4.78, 5) is 22.0. The molecule has 27 heavy (non-hydrogen) atoms. The molecule has 0 unspecified atom stereocenters. The number of nitrogens with zero attached hydrogens (tertiary/aromatic N) is 4. The number of carbonyl (C=O) groups excluding carboxylic acids is 1. The molecule has 0 saturated carbocycles. The Balaban J connectivity index is 1.32. The van der Waals surface area contributed by atoms with E-state index in [2.05, 4.69) is 37.5 Å². The number of aromatic nitrogens is 2. The molecule has 1 amide bonds. The van der Waals surface area contributed by atoms with Crippen LogP contribution in [0, 0.1) is 5.92 Å². The summed E-state index contributed by atoms with van der Waals surface area (Å²) in [5.41, 5.74) is 3.21. The number of benzene rings is 1. The van der Waals surface area contributed by atoms with Gasteiger partial charge in [0.25, 0.3) is 5.91 Å². The molecule has 0 spiro atoms. The first-order chi connectivity index (χ1) is 13.2. The number of amides is 1. The van der Waals surface area contributed by atoms with Gasteiger partial charge in [0.15, 0.2) is 0 Å². The van der Waals surface area contributed by atoms with Gasteiger partial charge in [-0.2, -0.15) is 0 Å². The zero-order valence-corrected chi connectivity index (χ0v) is 15.6. The van der Waals surface area contributed by atoms with Crippen LogP contribution < -0.4 is 0 Å². The van der Waals surface area contributed by atoms with E-state index in [0.29, 0.717) is 12.0 Å². The number of pyridine rings is 1. The third-order valence-corrected chi connectivity index (χ3v) is 6.15. The molecule has 2 saturated heterocycles. The normalized spacial score (nSPS) is 22.5. The highest BCUT2D eigenvalue weighted by atomic mass is 16.2. The van der Waals surface area contributed by atoms with Gasteiger partial charge in [-0.05, 0) is 48.2 Å². The van der Waals surface area contributed by atoms with Crippen molar-refractivity contribution < 1.29 is 4.79 Å². The summed E-state index contributed by atoms with van der Waals surface area (Å²) in [5, 5.41) is 1.13. The lowest BCUT2D eigenvalue weighted by atomic mass is 10.0. The molecule has 2 aliphatic heterocycles. The van der Waals surface area contributed by atoms with Gasteiger partial charge in [-0.1, -0.05) is 6.07 Å². The van der Waals surface area contributed by atoms with Gasteiger partial charge in [0.05, 0.1) is 0 Å². The Kier molecular flexibility index (Phi) is 3.97. The van der Waals surface area contributed by atoms with Crippen molar-refractivity contribution in [3.8, 4) is 0 Å². The largest absolute Gasteiger partial charge is 0.351 e. The molecule has 0 radical (unpaired) electrons. The zero-order chi connectivity index (χ0) is 18.4. The summed E-state index contributed by atoms with van der Waals surface area (Å²) in [6, 6.07) is 12.6. The lowest BCUT2D eigenvalue weighted by molar-refractivity contribution is 0.0726. The second kappa shape index (κ2) is 6.50. The second-order valence-corrected chi connectivity index (χ2v) is 7.87. The molecule has 0 bridgehead atoms. The van der Waals surface area contributed by atoms with E-state index >= 15 is 0 Å². The van der Waals surface area contributed by atoms with E-state index in [0.717, 1.165) is 49.1 Å². The molecular weight excluding hydrogens is 336 g/mol. The molecule has 3 aromatic rings. The zero-order valence-electron chi connectivity index (χ0n) is 15.6. The van der Waals surface area contributed by atoms with Crippen molar-refractivity contribution in [3.63, 3.8) is 0 Å². The van der Waals surface area contributed by atoms with E-state index in [1.54, 1.807) is 0 Å². The third kappa shape index (κ3) is 2.92. The number of likely N-dealkylation sites (tertiary alicyclic amines) is 2. The Morgan fingerprint density at radius 2 is 2.15 bits per heavy atom.